The molecule has 0 bridgehead atoms. The molecular weight excluding hydrogens is 206 g/mol. The zero-order chi connectivity index (χ0) is 10.6. The summed E-state index contributed by atoms with van der Waals surface area (Å²) in [5.74, 6) is 0.437. The highest BCUT2D eigenvalue weighted by Gasteiger charge is 2.04. The van der Waals surface area contributed by atoms with E-state index in [1.807, 2.05) is 0 Å². The van der Waals surface area contributed by atoms with Crippen LogP contribution in [0.3, 0.4) is 0 Å². The molecule has 0 spiro atoms. The van der Waals surface area contributed by atoms with E-state index in [0.717, 1.165) is 6.20 Å². The van der Waals surface area contributed by atoms with Gasteiger partial charge in [0.05, 0.1) is 17.1 Å². The van der Waals surface area contributed by atoms with E-state index in [1.165, 1.54) is 13.2 Å². The quantitative estimate of drug-likeness (QED) is 0.573. The van der Waals surface area contributed by atoms with Crippen LogP contribution in [0.2, 0.25) is 5.02 Å². The Labute approximate surface area is 85.9 Å². The van der Waals surface area contributed by atoms with Crippen LogP contribution in [0.5, 0.6) is 5.75 Å². The summed E-state index contributed by atoms with van der Waals surface area (Å²) in [6.07, 6.45) is 2.18. The second kappa shape index (κ2) is 4.62. The summed E-state index contributed by atoms with van der Waals surface area (Å²) in [6, 6.07) is 5.04. The zero-order valence-electron chi connectivity index (χ0n) is 7.44. The van der Waals surface area contributed by atoms with Crippen molar-refractivity contribution in [2.45, 2.75) is 0 Å². The summed E-state index contributed by atoms with van der Waals surface area (Å²) in [6.45, 7) is 0. The van der Waals surface area contributed by atoms with E-state index in [9.17, 15) is 10.1 Å². The number of hydrogen-bond donors (Lipinski definition) is 0. The van der Waals surface area contributed by atoms with Gasteiger partial charge in [-0.2, -0.15) is 0 Å². The smallest absolute Gasteiger partial charge is 0.235 e. The SMILES string of the molecule is COc1c(Cl)cccc1/C=C/[N+](=O)[O-]. The van der Waals surface area contributed by atoms with Gasteiger partial charge in [0.1, 0.15) is 5.75 Å². The molecule has 0 saturated heterocycles. The van der Waals surface area contributed by atoms with Crippen LogP contribution in [0.15, 0.2) is 24.4 Å². The Balaban J connectivity index is 3.08. The number of hydrogen-bond acceptors (Lipinski definition) is 3. The number of nitrogens with zero attached hydrogens (tertiary/aromatic N) is 1. The van der Waals surface area contributed by atoms with Gasteiger partial charge < -0.3 is 4.74 Å². The van der Waals surface area contributed by atoms with E-state index >= 15 is 0 Å². The summed E-state index contributed by atoms with van der Waals surface area (Å²) in [7, 11) is 1.46. The molecule has 0 aliphatic carbocycles. The average molecular weight is 214 g/mol. The number of ether oxygens (including phenoxy) is 1. The molecule has 0 atom stereocenters. The third-order valence-electron chi connectivity index (χ3n) is 1.58. The van der Waals surface area contributed by atoms with Gasteiger partial charge in [0.15, 0.2) is 0 Å². The van der Waals surface area contributed by atoms with Crippen molar-refractivity contribution < 1.29 is 9.66 Å². The minimum Gasteiger partial charge on any atom is -0.495 e. The maximum atomic E-state index is 10.1. The Bertz CT molecular complexity index is 376. The summed E-state index contributed by atoms with van der Waals surface area (Å²) in [5.41, 5.74) is 0.580. The average Bonchev–Trinajstić information content (AvgIpc) is 2.14. The van der Waals surface area contributed by atoms with Crippen molar-refractivity contribution in [2.24, 2.45) is 0 Å². The monoisotopic (exact) mass is 213 g/mol. The van der Waals surface area contributed by atoms with Crippen molar-refractivity contribution in [3.63, 3.8) is 0 Å². The lowest BCUT2D eigenvalue weighted by atomic mass is 10.2. The van der Waals surface area contributed by atoms with Crippen molar-refractivity contribution >= 4 is 17.7 Å². The van der Waals surface area contributed by atoms with Crippen molar-refractivity contribution in [3.8, 4) is 5.75 Å². The molecule has 4 nitrogen and oxygen atoms in total. The highest BCUT2D eigenvalue weighted by molar-refractivity contribution is 6.32. The van der Waals surface area contributed by atoms with Crippen LogP contribution in [0.4, 0.5) is 0 Å². The number of nitro groups is 1. The molecule has 14 heavy (non-hydrogen) atoms. The normalized spacial score (nSPS) is 10.4. The number of methoxy groups -OCH3 is 1. The van der Waals surface area contributed by atoms with Gasteiger partial charge >= 0.3 is 0 Å². The summed E-state index contributed by atoms with van der Waals surface area (Å²) < 4.78 is 5.00. The molecule has 0 unspecified atom stereocenters. The fourth-order valence-corrected chi connectivity index (χ4v) is 1.27. The van der Waals surface area contributed by atoms with E-state index < -0.39 is 4.92 Å². The van der Waals surface area contributed by atoms with E-state index in [2.05, 4.69) is 0 Å². The molecule has 5 heteroatoms. The minimum atomic E-state index is -0.541. The predicted octanol–water partition coefficient (Wildman–Crippen LogP) is 2.60. The Morgan fingerprint density at radius 1 is 1.57 bits per heavy atom. The molecule has 0 aliphatic heterocycles. The van der Waals surface area contributed by atoms with Crippen LogP contribution in [0.25, 0.3) is 6.08 Å². The first kappa shape index (κ1) is 10.5. The number of halogens is 1. The Morgan fingerprint density at radius 3 is 2.86 bits per heavy atom. The Hall–Kier alpha value is -1.55. The van der Waals surface area contributed by atoms with Gasteiger partial charge in [0.25, 0.3) is 0 Å². The largest absolute Gasteiger partial charge is 0.495 e. The van der Waals surface area contributed by atoms with Crippen molar-refractivity contribution in [1.82, 2.24) is 0 Å². The fraction of sp³-hybridized carbons (Fsp3) is 0.111. The first-order valence-electron chi connectivity index (χ1n) is 3.79. The standard InChI is InChI=1S/C9H8ClNO3/c1-14-9-7(5-6-11(12)13)3-2-4-8(9)10/h2-6H,1H3/b6-5+. The van der Waals surface area contributed by atoms with Gasteiger partial charge in [-0.25, -0.2) is 0 Å². The van der Waals surface area contributed by atoms with Crippen molar-refractivity contribution in [3.05, 3.63) is 45.1 Å². The van der Waals surface area contributed by atoms with E-state index in [-0.39, 0.29) is 0 Å². The second-order valence-corrected chi connectivity index (χ2v) is 2.87. The number of benzene rings is 1. The first-order chi connectivity index (χ1) is 6.65. The molecule has 74 valence electrons. The van der Waals surface area contributed by atoms with Gasteiger partial charge in [0, 0.05) is 11.6 Å². The third-order valence-corrected chi connectivity index (χ3v) is 1.88. The molecule has 1 aromatic carbocycles. The van der Waals surface area contributed by atoms with Crippen LogP contribution < -0.4 is 4.74 Å². The Morgan fingerprint density at radius 2 is 2.29 bits per heavy atom. The molecule has 1 rings (SSSR count). The van der Waals surface area contributed by atoms with Crippen LogP contribution in [-0.4, -0.2) is 12.0 Å². The molecule has 0 aliphatic rings. The highest BCUT2D eigenvalue weighted by Crippen LogP contribution is 2.28. The topological polar surface area (TPSA) is 52.4 Å². The lowest BCUT2D eigenvalue weighted by molar-refractivity contribution is -0.400. The summed E-state index contributed by atoms with van der Waals surface area (Å²) >= 11 is 5.82. The summed E-state index contributed by atoms with van der Waals surface area (Å²) in [4.78, 5) is 9.56. The van der Waals surface area contributed by atoms with Crippen molar-refractivity contribution in [2.75, 3.05) is 7.11 Å². The molecule has 0 heterocycles. The molecule has 0 fully saturated rings. The lowest BCUT2D eigenvalue weighted by Gasteiger charge is -2.05. The third kappa shape index (κ3) is 2.47. The van der Waals surface area contributed by atoms with Crippen LogP contribution in [-0.2, 0) is 0 Å². The Kier molecular flexibility index (Phi) is 3.48. The second-order valence-electron chi connectivity index (χ2n) is 2.46. The molecule has 0 amide bonds. The van der Waals surface area contributed by atoms with Crippen LogP contribution in [0, 0.1) is 10.1 Å². The fourth-order valence-electron chi connectivity index (χ4n) is 1.01. The van der Waals surface area contributed by atoms with Gasteiger partial charge in [-0.3, -0.25) is 10.1 Å². The molecule has 0 saturated carbocycles. The van der Waals surface area contributed by atoms with Gasteiger partial charge in [-0.15, -0.1) is 0 Å². The summed E-state index contributed by atoms with van der Waals surface area (Å²) in [5, 5.41) is 10.5. The first-order valence-corrected chi connectivity index (χ1v) is 4.17. The lowest BCUT2D eigenvalue weighted by Crippen LogP contribution is -1.89. The number of para-hydroxylation sites is 1. The van der Waals surface area contributed by atoms with Gasteiger partial charge in [-0.05, 0) is 6.07 Å². The molecule has 0 N–H and O–H groups in total. The van der Waals surface area contributed by atoms with E-state index in [0.29, 0.717) is 16.3 Å². The molecule has 0 aromatic heterocycles. The molecule has 1 aromatic rings. The van der Waals surface area contributed by atoms with Crippen LogP contribution >= 0.6 is 11.6 Å². The highest BCUT2D eigenvalue weighted by atomic mass is 35.5. The van der Waals surface area contributed by atoms with Gasteiger partial charge in [0.2, 0.25) is 6.20 Å². The maximum Gasteiger partial charge on any atom is 0.235 e. The van der Waals surface area contributed by atoms with Gasteiger partial charge in [-0.1, -0.05) is 23.7 Å². The minimum absolute atomic E-state index is 0.429. The van der Waals surface area contributed by atoms with Crippen LogP contribution in [0.1, 0.15) is 5.56 Å². The van der Waals surface area contributed by atoms with E-state index in [1.54, 1.807) is 18.2 Å². The molecule has 0 radical (unpaired) electrons. The predicted molar refractivity (Wildman–Crippen MR) is 54.0 cm³/mol. The zero-order valence-corrected chi connectivity index (χ0v) is 8.19. The molecular formula is C9H8ClNO3. The number of rotatable bonds is 3. The van der Waals surface area contributed by atoms with Crippen molar-refractivity contribution in [1.29, 1.82) is 0 Å². The maximum absolute atomic E-state index is 10.1. The van der Waals surface area contributed by atoms with E-state index in [4.69, 9.17) is 16.3 Å².